The van der Waals surface area contributed by atoms with Crippen LogP contribution < -0.4 is 4.90 Å². The molecule has 1 amide bonds. The van der Waals surface area contributed by atoms with Crippen molar-refractivity contribution in [2.45, 2.75) is 11.7 Å². The highest BCUT2D eigenvalue weighted by atomic mass is 35.5. The van der Waals surface area contributed by atoms with Gasteiger partial charge in [0.25, 0.3) is 0 Å². The van der Waals surface area contributed by atoms with Gasteiger partial charge in [-0.1, -0.05) is 11.6 Å². The first-order valence-corrected chi connectivity index (χ1v) is 5.69. The summed E-state index contributed by atoms with van der Waals surface area (Å²) >= 11 is 10.1. The van der Waals surface area contributed by atoms with Gasteiger partial charge < -0.3 is 4.90 Å². The molecule has 1 unspecified atom stereocenters. The van der Waals surface area contributed by atoms with Gasteiger partial charge in [0, 0.05) is 23.2 Å². The molecular formula is C11H9ClN2OS. The normalized spacial score (nSPS) is 19.9. The zero-order valence-corrected chi connectivity index (χ0v) is 10.0. The molecular weight excluding hydrogens is 244 g/mol. The summed E-state index contributed by atoms with van der Waals surface area (Å²) in [7, 11) is 0. The molecule has 0 N–H and O–H groups in total. The Bertz CT molecular complexity index is 483. The molecule has 1 heterocycles. The molecule has 82 valence electrons. The maximum absolute atomic E-state index is 11.7. The Hall–Kier alpha value is -1.18. The lowest BCUT2D eigenvalue weighted by Gasteiger charge is -2.17. The fourth-order valence-electron chi connectivity index (χ4n) is 1.74. The number of benzene rings is 1. The minimum atomic E-state index is -0.0150. The molecule has 1 saturated heterocycles. The SMILES string of the molecule is N#Cc1ccc(Cl)cc1N1CC(S)CC1=O. The number of thiol groups is 1. The molecule has 0 bridgehead atoms. The van der Waals surface area contributed by atoms with E-state index in [1.165, 1.54) is 0 Å². The lowest BCUT2D eigenvalue weighted by molar-refractivity contribution is -0.117. The average molecular weight is 253 g/mol. The summed E-state index contributed by atoms with van der Waals surface area (Å²) in [6.07, 6.45) is 0.403. The number of hydrogen-bond donors (Lipinski definition) is 1. The number of anilines is 1. The van der Waals surface area contributed by atoms with Crippen molar-refractivity contribution in [2.24, 2.45) is 0 Å². The Balaban J connectivity index is 2.44. The van der Waals surface area contributed by atoms with Crippen molar-refractivity contribution < 1.29 is 4.79 Å². The first-order valence-electron chi connectivity index (χ1n) is 4.80. The quantitative estimate of drug-likeness (QED) is 0.779. The second-order valence-corrected chi connectivity index (χ2v) is 4.80. The Morgan fingerprint density at radius 2 is 2.31 bits per heavy atom. The third kappa shape index (κ3) is 2.01. The van der Waals surface area contributed by atoms with Crippen LogP contribution in [0.25, 0.3) is 0 Å². The third-order valence-corrected chi connectivity index (χ3v) is 3.06. The number of amides is 1. The highest BCUT2D eigenvalue weighted by molar-refractivity contribution is 7.81. The summed E-state index contributed by atoms with van der Waals surface area (Å²) in [5.41, 5.74) is 1.04. The van der Waals surface area contributed by atoms with Gasteiger partial charge in [-0.25, -0.2) is 0 Å². The molecule has 0 aliphatic carbocycles. The van der Waals surface area contributed by atoms with Gasteiger partial charge in [-0.3, -0.25) is 4.79 Å². The monoisotopic (exact) mass is 252 g/mol. The average Bonchev–Trinajstić information content (AvgIpc) is 2.57. The Labute approximate surface area is 104 Å². The number of halogens is 1. The second-order valence-electron chi connectivity index (χ2n) is 3.64. The van der Waals surface area contributed by atoms with Crippen LogP contribution in [0.1, 0.15) is 12.0 Å². The molecule has 1 aromatic rings. The molecule has 0 aromatic heterocycles. The minimum absolute atomic E-state index is 0.0150. The smallest absolute Gasteiger partial charge is 0.228 e. The van der Waals surface area contributed by atoms with Crippen molar-refractivity contribution in [3.05, 3.63) is 28.8 Å². The van der Waals surface area contributed by atoms with Crippen molar-refractivity contribution in [2.75, 3.05) is 11.4 Å². The third-order valence-electron chi connectivity index (χ3n) is 2.48. The lowest BCUT2D eigenvalue weighted by atomic mass is 10.2. The van der Waals surface area contributed by atoms with E-state index in [-0.39, 0.29) is 11.2 Å². The van der Waals surface area contributed by atoms with Gasteiger partial charge in [0.15, 0.2) is 0 Å². The van der Waals surface area contributed by atoms with Crippen LogP contribution >= 0.6 is 24.2 Å². The van der Waals surface area contributed by atoms with Crippen LogP contribution in [0.2, 0.25) is 5.02 Å². The summed E-state index contributed by atoms with van der Waals surface area (Å²) in [4.78, 5) is 13.3. The molecule has 1 atom stereocenters. The molecule has 3 nitrogen and oxygen atoms in total. The number of hydrogen-bond acceptors (Lipinski definition) is 3. The van der Waals surface area contributed by atoms with Crippen molar-refractivity contribution in [1.29, 1.82) is 5.26 Å². The summed E-state index contributed by atoms with van der Waals surface area (Å²) in [6.45, 7) is 0.525. The molecule has 1 aliphatic rings. The van der Waals surface area contributed by atoms with Gasteiger partial charge in [-0.15, -0.1) is 0 Å². The van der Waals surface area contributed by atoms with Crippen molar-refractivity contribution in [3.63, 3.8) is 0 Å². The van der Waals surface area contributed by atoms with E-state index in [1.807, 2.05) is 0 Å². The van der Waals surface area contributed by atoms with Crippen LogP contribution in [0.3, 0.4) is 0 Å². The predicted octanol–water partition coefficient (Wildman–Crippen LogP) is 2.25. The standard InChI is InChI=1S/C11H9ClN2OS/c12-8-2-1-7(5-13)10(3-8)14-6-9(16)4-11(14)15/h1-3,9,16H,4,6H2. The number of rotatable bonds is 1. The van der Waals surface area contributed by atoms with Crippen molar-refractivity contribution in [3.8, 4) is 6.07 Å². The molecule has 0 radical (unpaired) electrons. The first kappa shape index (κ1) is 11.3. The lowest BCUT2D eigenvalue weighted by Crippen LogP contribution is -2.25. The molecule has 16 heavy (non-hydrogen) atoms. The molecule has 5 heteroatoms. The number of carbonyl (C=O) groups is 1. The second kappa shape index (κ2) is 4.36. The van der Waals surface area contributed by atoms with Crippen LogP contribution in [0.5, 0.6) is 0 Å². The first-order chi connectivity index (χ1) is 7.61. The topological polar surface area (TPSA) is 44.1 Å². The minimum Gasteiger partial charge on any atom is -0.310 e. The molecule has 0 spiro atoms. The number of nitrogens with zero attached hydrogens (tertiary/aromatic N) is 2. The summed E-state index contributed by atoms with van der Waals surface area (Å²) in [5.74, 6) is -0.0150. The van der Waals surface area contributed by atoms with E-state index in [2.05, 4.69) is 18.7 Å². The van der Waals surface area contributed by atoms with Crippen LogP contribution in [0, 0.1) is 11.3 Å². The molecule has 1 aliphatic heterocycles. The van der Waals surface area contributed by atoms with Crippen molar-refractivity contribution >= 4 is 35.8 Å². The van der Waals surface area contributed by atoms with Gasteiger partial charge in [0.05, 0.1) is 11.3 Å². The maximum atomic E-state index is 11.7. The van der Waals surface area contributed by atoms with E-state index in [9.17, 15) is 4.79 Å². The highest BCUT2D eigenvalue weighted by Gasteiger charge is 2.29. The molecule has 1 aromatic carbocycles. The summed E-state index contributed by atoms with van der Waals surface area (Å²) in [5, 5.41) is 9.52. The van der Waals surface area contributed by atoms with E-state index < -0.39 is 0 Å². The largest absolute Gasteiger partial charge is 0.310 e. The van der Waals surface area contributed by atoms with Crippen LogP contribution in [0.15, 0.2) is 18.2 Å². The van der Waals surface area contributed by atoms with Crippen LogP contribution in [-0.4, -0.2) is 17.7 Å². The Morgan fingerprint density at radius 1 is 1.56 bits per heavy atom. The highest BCUT2D eigenvalue weighted by Crippen LogP contribution is 2.29. The van der Waals surface area contributed by atoms with Gasteiger partial charge in [-0.05, 0) is 18.2 Å². The Kier molecular flexibility index (Phi) is 3.08. The van der Waals surface area contributed by atoms with Crippen molar-refractivity contribution in [1.82, 2.24) is 0 Å². The van der Waals surface area contributed by atoms with Gasteiger partial charge in [0.2, 0.25) is 5.91 Å². The molecule has 1 fully saturated rings. The molecule has 0 saturated carbocycles. The predicted molar refractivity (Wildman–Crippen MR) is 65.9 cm³/mol. The van der Waals surface area contributed by atoms with Crippen LogP contribution in [-0.2, 0) is 4.79 Å². The van der Waals surface area contributed by atoms with E-state index in [0.29, 0.717) is 29.2 Å². The zero-order chi connectivity index (χ0) is 11.7. The maximum Gasteiger partial charge on any atom is 0.228 e. The zero-order valence-electron chi connectivity index (χ0n) is 8.35. The fourth-order valence-corrected chi connectivity index (χ4v) is 2.23. The number of nitriles is 1. The van der Waals surface area contributed by atoms with E-state index in [0.717, 1.165) is 0 Å². The summed E-state index contributed by atoms with van der Waals surface area (Å²) in [6, 6.07) is 6.96. The molecule has 2 rings (SSSR count). The summed E-state index contributed by atoms with van der Waals surface area (Å²) < 4.78 is 0. The Morgan fingerprint density at radius 3 is 2.88 bits per heavy atom. The van der Waals surface area contributed by atoms with Gasteiger partial charge >= 0.3 is 0 Å². The van der Waals surface area contributed by atoms with E-state index in [4.69, 9.17) is 16.9 Å². The van der Waals surface area contributed by atoms with Gasteiger partial charge in [-0.2, -0.15) is 17.9 Å². The van der Waals surface area contributed by atoms with E-state index >= 15 is 0 Å². The number of carbonyl (C=O) groups excluding carboxylic acids is 1. The van der Waals surface area contributed by atoms with Gasteiger partial charge in [0.1, 0.15) is 6.07 Å². The van der Waals surface area contributed by atoms with Crippen LogP contribution in [0.4, 0.5) is 5.69 Å². The van der Waals surface area contributed by atoms with E-state index in [1.54, 1.807) is 23.1 Å². The fraction of sp³-hybridized carbons (Fsp3) is 0.273.